The highest BCUT2D eigenvalue weighted by Crippen LogP contribution is 2.18. The van der Waals surface area contributed by atoms with Crippen LogP contribution in [0.15, 0.2) is 34.9 Å². The highest BCUT2D eigenvalue weighted by molar-refractivity contribution is 5.56. The van der Waals surface area contributed by atoms with Crippen LogP contribution >= 0.6 is 0 Å². The molecule has 0 atom stereocenters. The topological polar surface area (TPSA) is 43.1 Å². The zero-order valence-corrected chi connectivity index (χ0v) is 7.81. The van der Waals surface area contributed by atoms with Crippen molar-refractivity contribution in [2.45, 2.75) is 6.42 Å². The summed E-state index contributed by atoms with van der Waals surface area (Å²) in [6.07, 6.45) is 2.41. The van der Waals surface area contributed by atoms with Gasteiger partial charge in [0.2, 0.25) is 5.89 Å². The molecular weight excluding hydrogens is 197 g/mol. The zero-order valence-electron chi connectivity index (χ0n) is 7.81. The fourth-order valence-corrected chi connectivity index (χ4v) is 1.21. The minimum absolute atomic E-state index is 0.227. The summed E-state index contributed by atoms with van der Waals surface area (Å²) in [6.45, 7) is 0. The lowest BCUT2D eigenvalue weighted by Crippen LogP contribution is -1.85. The molecule has 0 saturated carbocycles. The second kappa shape index (κ2) is 4.04. The number of carbonyl (C=O) groups is 1. The van der Waals surface area contributed by atoms with Gasteiger partial charge < -0.3 is 9.21 Å². The molecule has 2 rings (SSSR count). The van der Waals surface area contributed by atoms with E-state index in [4.69, 9.17) is 4.42 Å². The van der Waals surface area contributed by atoms with E-state index in [-0.39, 0.29) is 12.2 Å². The lowest BCUT2D eigenvalue weighted by Gasteiger charge is -1.93. The van der Waals surface area contributed by atoms with E-state index < -0.39 is 0 Å². The number of oxazole rings is 1. The monoisotopic (exact) mass is 205 g/mol. The molecule has 0 unspecified atom stereocenters. The van der Waals surface area contributed by atoms with Gasteiger partial charge in [-0.05, 0) is 24.3 Å². The lowest BCUT2D eigenvalue weighted by atomic mass is 10.2. The number of hydrogen-bond acceptors (Lipinski definition) is 3. The van der Waals surface area contributed by atoms with E-state index in [1.54, 1.807) is 12.1 Å². The van der Waals surface area contributed by atoms with E-state index in [0.717, 1.165) is 6.29 Å². The molecule has 1 aromatic carbocycles. The van der Waals surface area contributed by atoms with E-state index in [2.05, 4.69) is 4.98 Å². The van der Waals surface area contributed by atoms with Crippen molar-refractivity contribution in [1.29, 1.82) is 0 Å². The molecule has 0 aliphatic heterocycles. The molecule has 4 heteroatoms. The van der Waals surface area contributed by atoms with E-state index in [1.807, 2.05) is 0 Å². The number of rotatable bonds is 3. The third-order valence-electron chi connectivity index (χ3n) is 1.94. The molecule has 0 fully saturated rings. The van der Waals surface area contributed by atoms with Crippen molar-refractivity contribution >= 4 is 6.29 Å². The Morgan fingerprint density at radius 3 is 2.73 bits per heavy atom. The summed E-state index contributed by atoms with van der Waals surface area (Å²) in [5, 5.41) is 0. The Balaban J connectivity index is 2.28. The summed E-state index contributed by atoms with van der Waals surface area (Å²) in [7, 11) is 0. The van der Waals surface area contributed by atoms with Gasteiger partial charge in [-0.15, -0.1) is 0 Å². The van der Waals surface area contributed by atoms with Gasteiger partial charge in [0.25, 0.3) is 0 Å². The Labute approximate surface area is 85.6 Å². The van der Waals surface area contributed by atoms with Gasteiger partial charge in [0.15, 0.2) is 0 Å². The molecule has 3 nitrogen and oxygen atoms in total. The maximum absolute atomic E-state index is 12.6. The van der Waals surface area contributed by atoms with Crippen LogP contribution in [0, 0.1) is 5.82 Å². The van der Waals surface area contributed by atoms with Gasteiger partial charge in [-0.1, -0.05) is 0 Å². The number of aromatic nitrogens is 1. The lowest BCUT2D eigenvalue weighted by molar-refractivity contribution is -0.107. The average molecular weight is 205 g/mol. The number of benzene rings is 1. The van der Waals surface area contributed by atoms with Crippen LogP contribution < -0.4 is 0 Å². The Morgan fingerprint density at radius 1 is 1.33 bits per heavy atom. The van der Waals surface area contributed by atoms with E-state index >= 15 is 0 Å². The van der Waals surface area contributed by atoms with Gasteiger partial charge in [-0.3, -0.25) is 0 Å². The molecule has 0 amide bonds. The maximum Gasteiger partial charge on any atom is 0.226 e. The van der Waals surface area contributed by atoms with E-state index in [1.165, 1.54) is 18.4 Å². The largest absolute Gasteiger partial charge is 0.444 e. The molecule has 1 heterocycles. The fourth-order valence-electron chi connectivity index (χ4n) is 1.21. The van der Waals surface area contributed by atoms with Crippen LogP contribution in [0.4, 0.5) is 4.39 Å². The van der Waals surface area contributed by atoms with Gasteiger partial charge in [0.1, 0.15) is 18.4 Å². The number of aldehydes is 1. The van der Waals surface area contributed by atoms with Crippen LogP contribution in [0.25, 0.3) is 11.5 Å². The number of hydrogen-bond donors (Lipinski definition) is 0. The minimum Gasteiger partial charge on any atom is -0.444 e. The fraction of sp³-hybridized carbons (Fsp3) is 0.0909. The summed E-state index contributed by atoms with van der Waals surface area (Å²) < 4.78 is 17.8. The molecule has 0 N–H and O–H groups in total. The van der Waals surface area contributed by atoms with Crippen molar-refractivity contribution < 1.29 is 13.6 Å². The molecule has 0 spiro atoms. The number of halogens is 1. The second-order valence-electron chi connectivity index (χ2n) is 3.02. The molecule has 15 heavy (non-hydrogen) atoms. The first kappa shape index (κ1) is 9.58. The van der Waals surface area contributed by atoms with Crippen LogP contribution in [0.2, 0.25) is 0 Å². The van der Waals surface area contributed by atoms with Crippen LogP contribution in [-0.2, 0) is 11.2 Å². The molecule has 0 aliphatic rings. The van der Waals surface area contributed by atoms with Crippen molar-refractivity contribution in [3.05, 3.63) is 42.0 Å². The molecule has 0 saturated heterocycles. The zero-order chi connectivity index (χ0) is 10.7. The van der Waals surface area contributed by atoms with E-state index in [9.17, 15) is 9.18 Å². The highest BCUT2D eigenvalue weighted by Gasteiger charge is 2.05. The van der Waals surface area contributed by atoms with E-state index in [0.29, 0.717) is 17.1 Å². The first-order chi connectivity index (χ1) is 7.29. The summed E-state index contributed by atoms with van der Waals surface area (Å²) in [6, 6.07) is 5.82. The smallest absolute Gasteiger partial charge is 0.226 e. The van der Waals surface area contributed by atoms with Crippen molar-refractivity contribution in [3.8, 4) is 11.5 Å². The maximum atomic E-state index is 12.6. The summed E-state index contributed by atoms with van der Waals surface area (Å²) in [4.78, 5) is 14.3. The van der Waals surface area contributed by atoms with Gasteiger partial charge in [-0.25, -0.2) is 9.37 Å². The summed E-state index contributed by atoms with van der Waals surface area (Å²) in [5.41, 5.74) is 1.26. The molecular formula is C11H8FNO2. The average Bonchev–Trinajstić information content (AvgIpc) is 2.68. The highest BCUT2D eigenvalue weighted by atomic mass is 19.1. The third kappa shape index (κ3) is 2.10. The Bertz CT molecular complexity index is 462. The van der Waals surface area contributed by atoms with Crippen LogP contribution in [0.1, 0.15) is 5.69 Å². The predicted octanol–water partition coefficient (Wildman–Crippen LogP) is 2.22. The van der Waals surface area contributed by atoms with Crippen molar-refractivity contribution in [1.82, 2.24) is 4.98 Å². The third-order valence-corrected chi connectivity index (χ3v) is 1.94. The first-order valence-corrected chi connectivity index (χ1v) is 4.43. The standard InChI is InChI=1S/C11H8FNO2/c12-9-3-1-8(2-4-9)11-13-10(5-6-14)7-15-11/h1-4,6-7H,5H2. The molecule has 1 aromatic heterocycles. The molecule has 0 bridgehead atoms. The van der Waals surface area contributed by atoms with Crippen molar-refractivity contribution in [2.75, 3.05) is 0 Å². The predicted molar refractivity (Wildman–Crippen MR) is 51.7 cm³/mol. The van der Waals surface area contributed by atoms with Crippen LogP contribution in [0.3, 0.4) is 0 Å². The Morgan fingerprint density at radius 2 is 2.07 bits per heavy atom. The SMILES string of the molecule is O=CCc1coc(-c2ccc(F)cc2)n1. The van der Waals surface area contributed by atoms with Crippen LogP contribution in [0.5, 0.6) is 0 Å². The molecule has 2 aromatic rings. The van der Waals surface area contributed by atoms with Crippen molar-refractivity contribution in [3.63, 3.8) is 0 Å². The molecule has 0 radical (unpaired) electrons. The van der Waals surface area contributed by atoms with Gasteiger partial charge in [-0.2, -0.15) is 0 Å². The summed E-state index contributed by atoms with van der Waals surface area (Å²) >= 11 is 0. The van der Waals surface area contributed by atoms with Crippen molar-refractivity contribution in [2.24, 2.45) is 0 Å². The second-order valence-corrected chi connectivity index (χ2v) is 3.02. The molecule has 76 valence electrons. The minimum atomic E-state index is -0.307. The first-order valence-electron chi connectivity index (χ1n) is 4.43. The molecule has 0 aliphatic carbocycles. The number of nitrogens with zero attached hydrogens (tertiary/aromatic N) is 1. The number of carbonyl (C=O) groups excluding carboxylic acids is 1. The van der Waals surface area contributed by atoms with Crippen LogP contribution in [-0.4, -0.2) is 11.3 Å². The Hall–Kier alpha value is -1.97. The van der Waals surface area contributed by atoms with Gasteiger partial charge >= 0.3 is 0 Å². The van der Waals surface area contributed by atoms with Gasteiger partial charge in [0, 0.05) is 12.0 Å². The quantitative estimate of drug-likeness (QED) is 0.721. The van der Waals surface area contributed by atoms with Gasteiger partial charge in [0.05, 0.1) is 5.69 Å². The summed E-state index contributed by atoms with van der Waals surface area (Å²) in [5.74, 6) is 0.0882. The Kier molecular flexibility index (Phi) is 2.58. The normalized spacial score (nSPS) is 10.2.